The van der Waals surface area contributed by atoms with Gasteiger partial charge in [-0.25, -0.2) is 0 Å². The third-order valence-electron chi connectivity index (χ3n) is 3.15. The van der Waals surface area contributed by atoms with Crippen LogP contribution in [0.4, 0.5) is 5.69 Å². The molecule has 4 heteroatoms. The maximum atomic E-state index is 9.74. The molecule has 20 heavy (non-hydrogen) atoms. The number of aliphatic hydroxyl groups is 1. The van der Waals surface area contributed by atoms with Gasteiger partial charge in [0.1, 0.15) is 0 Å². The van der Waals surface area contributed by atoms with E-state index >= 15 is 0 Å². The molecule has 1 unspecified atom stereocenters. The Balaban J connectivity index is 2.12. The highest BCUT2D eigenvalue weighted by molar-refractivity contribution is 9.10. The second kappa shape index (κ2) is 6.74. The zero-order valence-electron chi connectivity index (χ0n) is 11.2. The highest BCUT2D eigenvalue weighted by Gasteiger charge is 2.23. The van der Waals surface area contributed by atoms with Crippen LogP contribution in [-0.4, -0.2) is 17.3 Å². The van der Waals surface area contributed by atoms with Gasteiger partial charge in [-0.05, 0) is 55.3 Å². The first-order chi connectivity index (χ1) is 9.50. The van der Waals surface area contributed by atoms with E-state index in [1.807, 2.05) is 43.3 Å². The van der Waals surface area contributed by atoms with Crippen molar-refractivity contribution in [2.75, 3.05) is 11.9 Å². The van der Waals surface area contributed by atoms with Crippen molar-refractivity contribution in [2.45, 2.75) is 18.9 Å². The molecule has 0 aromatic heterocycles. The van der Waals surface area contributed by atoms with Gasteiger partial charge in [-0.1, -0.05) is 44.0 Å². The van der Waals surface area contributed by atoms with Crippen LogP contribution < -0.4 is 5.32 Å². The van der Waals surface area contributed by atoms with E-state index in [-0.39, 0.29) is 12.1 Å². The van der Waals surface area contributed by atoms with Crippen molar-refractivity contribution in [3.8, 4) is 0 Å². The molecule has 2 aromatic rings. The normalized spacial score (nSPS) is 13.8. The van der Waals surface area contributed by atoms with E-state index in [0.717, 1.165) is 21.1 Å². The van der Waals surface area contributed by atoms with Crippen LogP contribution in [-0.2, 0) is 6.42 Å². The van der Waals surface area contributed by atoms with Crippen LogP contribution in [0.1, 0.15) is 12.5 Å². The standard InChI is InChI=1S/C16H17Br2NO/c1-16(11-20,10-12-2-4-13(17)5-3-12)19-15-8-6-14(18)7-9-15/h2-9,19-20H,10-11H2,1H3. The van der Waals surface area contributed by atoms with Gasteiger partial charge in [0.25, 0.3) is 0 Å². The number of aliphatic hydroxyl groups excluding tert-OH is 1. The van der Waals surface area contributed by atoms with Crippen molar-refractivity contribution >= 4 is 37.5 Å². The van der Waals surface area contributed by atoms with Crippen LogP contribution in [0.25, 0.3) is 0 Å². The van der Waals surface area contributed by atoms with Gasteiger partial charge in [0, 0.05) is 14.6 Å². The number of halogens is 2. The van der Waals surface area contributed by atoms with E-state index in [1.165, 1.54) is 5.56 Å². The number of rotatable bonds is 5. The van der Waals surface area contributed by atoms with Crippen LogP contribution in [0, 0.1) is 0 Å². The fraction of sp³-hybridized carbons (Fsp3) is 0.250. The molecule has 2 N–H and O–H groups in total. The molecule has 0 radical (unpaired) electrons. The Morgan fingerprint density at radius 1 is 0.950 bits per heavy atom. The fourth-order valence-electron chi connectivity index (χ4n) is 2.07. The zero-order valence-corrected chi connectivity index (χ0v) is 14.4. The molecule has 106 valence electrons. The summed E-state index contributed by atoms with van der Waals surface area (Å²) in [6, 6.07) is 16.2. The summed E-state index contributed by atoms with van der Waals surface area (Å²) in [5.74, 6) is 0. The molecule has 2 nitrogen and oxygen atoms in total. The Morgan fingerprint density at radius 3 is 1.95 bits per heavy atom. The lowest BCUT2D eigenvalue weighted by atomic mass is 9.93. The summed E-state index contributed by atoms with van der Waals surface area (Å²) in [5, 5.41) is 13.1. The van der Waals surface area contributed by atoms with Crippen molar-refractivity contribution in [2.24, 2.45) is 0 Å². The minimum atomic E-state index is -0.387. The summed E-state index contributed by atoms with van der Waals surface area (Å²) < 4.78 is 2.11. The van der Waals surface area contributed by atoms with E-state index in [0.29, 0.717) is 0 Å². The molecule has 0 fully saturated rings. The molecule has 0 saturated heterocycles. The van der Waals surface area contributed by atoms with Crippen molar-refractivity contribution < 1.29 is 5.11 Å². The molecule has 0 spiro atoms. The second-order valence-corrected chi connectivity index (χ2v) is 6.99. The molecular formula is C16H17Br2NO. The van der Waals surface area contributed by atoms with Crippen LogP contribution in [0.15, 0.2) is 57.5 Å². The van der Waals surface area contributed by atoms with Crippen molar-refractivity contribution in [1.29, 1.82) is 0 Å². The van der Waals surface area contributed by atoms with Gasteiger partial charge in [0.2, 0.25) is 0 Å². The summed E-state index contributed by atoms with van der Waals surface area (Å²) in [6.07, 6.45) is 0.757. The van der Waals surface area contributed by atoms with Gasteiger partial charge in [0.15, 0.2) is 0 Å². The second-order valence-electron chi connectivity index (χ2n) is 5.15. The predicted octanol–water partition coefficient (Wildman–Crippen LogP) is 4.62. The molecule has 0 bridgehead atoms. The topological polar surface area (TPSA) is 32.3 Å². The Morgan fingerprint density at radius 2 is 1.45 bits per heavy atom. The predicted molar refractivity (Wildman–Crippen MR) is 91.1 cm³/mol. The van der Waals surface area contributed by atoms with Crippen molar-refractivity contribution in [1.82, 2.24) is 0 Å². The Bertz CT molecular complexity index is 504. The summed E-state index contributed by atoms with van der Waals surface area (Å²) in [6.45, 7) is 2.09. The van der Waals surface area contributed by atoms with Gasteiger partial charge in [-0.3, -0.25) is 0 Å². The molecule has 0 heterocycles. The Labute approximate surface area is 136 Å². The van der Waals surface area contributed by atoms with Gasteiger partial charge >= 0.3 is 0 Å². The number of anilines is 1. The Hall–Kier alpha value is -0.840. The highest BCUT2D eigenvalue weighted by Crippen LogP contribution is 2.22. The van der Waals surface area contributed by atoms with Crippen LogP contribution >= 0.6 is 31.9 Å². The average Bonchev–Trinajstić information content (AvgIpc) is 2.44. The van der Waals surface area contributed by atoms with Gasteiger partial charge < -0.3 is 10.4 Å². The van der Waals surface area contributed by atoms with Crippen LogP contribution in [0.5, 0.6) is 0 Å². The lowest BCUT2D eigenvalue weighted by Gasteiger charge is -2.30. The largest absolute Gasteiger partial charge is 0.394 e. The molecule has 0 aliphatic heterocycles. The third kappa shape index (κ3) is 4.33. The molecule has 0 aliphatic carbocycles. The smallest absolute Gasteiger partial charge is 0.0662 e. The van der Waals surface area contributed by atoms with E-state index in [9.17, 15) is 5.11 Å². The van der Waals surface area contributed by atoms with Crippen LogP contribution in [0.2, 0.25) is 0 Å². The summed E-state index contributed by atoms with van der Waals surface area (Å²) in [5.41, 5.74) is 1.80. The monoisotopic (exact) mass is 397 g/mol. The molecule has 1 atom stereocenters. The molecule has 0 saturated carbocycles. The number of benzene rings is 2. The first kappa shape index (κ1) is 15.5. The van der Waals surface area contributed by atoms with Gasteiger partial charge in [-0.2, -0.15) is 0 Å². The molecule has 0 aliphatic rings. The van der Waals surface area contributed by atoms with Crippen molar-refractivity contribution in [3.05, 3.63) is 63.0 Å². The maximum absolute atomic E-state index is 9.74. The van der Waals surface area contributed by atoms with E-state index in [2.05, 4.69) is 49.3 Å². The Kier molecular flexibility index (Phi) is 5.24. The van der Waals surface area contributed by atoms with E-state index < -0.39 is 0 Å². The SMILES string of the molecule is CC(CO)(Cc1ccc(Br)cc1)Nc1ccc(Br)cc1. The van der Waals surface area contributed by atoms with E-state index in [4.69, 9.17) is 0 Å². The fourth-order valence-corrected chi connectivity index (χ4v) is 2.60. The van der Waals surface area contributed by atoms with Crippen LogP contribution in [0.3, 0.4) is 0 Å². The quantitative estimate of drug-likeness (QED) is 0.770. The third-order valence-corrected chi connectivity index (χ3v) is 4.20. The summed E-state index contributed by atoms with van der Waals surface area (Å²) >= 11 is 6.85. The zero-order chi connectivity index (χ0) is 14.6. The molecule has 2 aromatic carbocycles. The van der Waals surface area contributed by atoms with Crippen molar-refractivity contribution in [3.63, 3.8) is 0 Å². The molecule has 0 amide bonds. The van der Waals surface area contributed by atoms with Gasteiger partial charge in [-0.15, -0.1) is 0 Å². The molecule has 2 rings (SSSR count). The van der Waals surface area contributed by atoms with Gasteiger partial charge in [0.05, 0.1) is 12.1 Å². The van der Waals surface area contributed by atoms with E-state index in [1.54, 1.807) is 0 Å². The molecular weight excluding hydrogens is 382 g/mol. The first-order valence-electron chi connectivity index (χ1n) is 6.40. The summed E-state index contributed by atoms with van der Waals surface area (Å²) in [4.78, 5) is 0. The number of hydrogen-bond donors (Lipinski definition) is 2. The average molecular weight is 399 g/mol. The summed E-state index contributed by atoms with van der Waals surface area (Å²) in [7, 11) is 0. The lowest BCUT2D eigenvalue weighted by Crippen LogP contribution is -2.41. The minimum Gasteiger partial charge on any atom is -0.394 e. The number of hydrogen-bond acceptors (Lipinski definition) is 2. The lowest BCUT2D eigenvalue weighted by molar-refractivity contribution is 0.222. The highest BCUT2D eigenvalue weighted by atomic mass is 79.9. The number of nitrogens with one attached hydrogen (secondary N) is 1. The maximum Gasteiger partial charge on any atom is 0.0662 e. The first-order valence-corrected chi connectivity index (χ1v) is 7.98. The minimum absolute atomic E-state index is 0.0686.